The molecule has 0 saturated heterocycles. The quantitative estimate of drug-likeness (QED) is 0.750. The molecule has 1 atom stereocenters. The van der Waals surface area contributed by atoms with E-state index < -0.39 is 0 Å². The molecule has 0 aliphatic heterocycles. The first kappa shape index (κ1) is 15.8. The van der Waals surface area contributed by atoms with Crippen LogP contribution in [0.3, 0.4) is 0 Å². The second-order valence-corrected chi connectivity index (χ2v) is 5.30. The Morgan fingerprint density at radius 3 is 2.63 bits per heavy atom. The van der Waals surface area contributed by atoms with E-state index in [9.17, 15) is 4.79 Å². The van der Waals surface area contributed by atoms with Crippen LogP contribution < -0.4 is 4.90 Å². The summed E-state index contributed by atoms with van der Waals surface area (Å²) in [6, 6.07) is 7.53. The van der Waals surface area contributed by atoms with Gasteiger partial charge in [0.05, 0.1) is 12.0 Å². The Morgan fingerprint density at radius 1 is 1.37 bits per heavy atom. The molecule has 0 fully saturated rings. The first-order valence-electron chi connectivity index (χ1n) is 6.11. The predicted octanol–water partition coefficient (Wildman–Crippen LogP) is 2.08. The molecule has 0 aromatic heterocycles. The highest BCUT2D eigenvalue weighted by Gasteiger charge is 2.16. The predicted molar refractivity (Wildman–Crippen MR) is 79.2 cm³/mol. The van der Waals surface area contributed by atoms with E-state index in [-0.39, 0.29) is 11.3 Å². The first-order valence-corrected chi connectivity index (χ1v) is 6.55. The maximum absolute atomic E-state index is 12.3. The van der Waals surface area contributed by atoms with Gasteiger partial charge in [-0.2, -0.15) is 0 Å². The van der Waals surface area contributed by atoms with Crippen molar-refractivity contribution in [1.82, 2.24) is 4.90 Å². The third-order valence-electron chi connectivity index (χ3n) is 2.78. The molecule has 1 rings (SSSR count). The van der Waals surface area contributed by atoms with E-state index in [2.05, 4.69) is 0 Å². The van der Waals surface area contributed by atoms with E-state index in [0.29, 0.717) is 18.7 Å². The van der Waals surface area contributed by atoms with Gasteiger partial charge in [-0.3, -0.25) is 4.79 Å². The average molecular weight is 285 g/mol. The van der Waals surface area contributed by atoms with Gasteiger partial charge in [-0.05, 0) is 18.2 Å². The minimum atomic E-state index is -0.198. The van der Waals surface area contributed by atoms with Crippen LogP contribution in [0.5, 0.6) is 0 Å². The molecule has 1 aromatic carbocycles. The topological polar surface area (TPSA) is 32.8 Å². The number of nitrogens with zero attached hydrogens (tertiary/aromatic N) is 2. The number of ether oxygens (including phenoxy) is 1. The molecule has 19 heavy (non-hydrogen) atoms. The minimum Gasteiger partial charge on any atom is -0.383 e. The monoisotopic (exact) mass is 284 g/mol. The minimum absolute atomic E-state index is 0.0366. The molecule has 1 aromatic rings. The second-order valence-electron chi connectivity index (χ2n) is 4.68. The highest BCUT2D eigenvalue weighted by molar-refractivity contribution is 6.21. The van der Waals surface area contributed by atoms with Crippen molar-refractivity contribution in [2.45, 2.75) is 5.38 Å². The maximum Gasteiger partial charge on any atom is 0.253 e. The summed E-state index contributed by atoms with van der Waals surface area (Å²) in [7, 11) is 7.23. The zero-order valence-electron chi connectivity index (χ0n) is 11.9. The zero-order chi connectivity index (χ0) is 14.4. The SMILES string of the molecule is COCC(Cl)CN(C)C(=O)c1cccc(N(C)C)c1. The molecule has 1 amide bonds. The summed E-state index contributed by atoms with van der Waals surface area (Å²) in [5.41, 5.74) is 1.66. The van der Waals surface area contributed by atoms with Gasteiger partial charge < -0.3 is 14.5 Å². The molecule has 0 radical (unpaired) electrons. The number of hydrogen-bond donors (Lipinski definition) is 0. The Kier molecular flexibility index (Phi) is 6.12. The maximum atomic E-state index is 12.3. The second kappa shape index (κ2) is 7.36. The van der Waals surface area contributed by atoms with Crippen LogP contribution in [0, 0.1) is 0 Å². The van der Waals surface area contributed by atoms with Crippen LogP contribution >= 0.6 is 11.6 Å². The van der Waals surface area contributed by atoms with Crippen molar-refractivity contribution < 1.29 is 9.53 Å². The molecule has 4 nitrogen and oxygen atoms in total. The van der Waals surface area contributed by atoms with Crippen LogP contribution in [0.1, 0.15) is 10.4 Å². The molecule has 0 aliphatic rings. The average Bonchev–Trinajstić information content (AvgIpc) is 2.38. The molecule has 0 aliphatic carbocycles. The number of halogens is 1. The molecular formula is C14H21ClN2O2. The van der Waals surface area contributed by atoms with E-state index in [1.165, 1.54) is 0 Å². The lowest BCUT2D eigenvalue weighted by molar-refractivity contribution is 0.0781. The molecule has 106 valence electrons. The standard InChI is InChI=1S/C14H21ClN2O2/c1-16(2)13-7-5-6-11(8-13)14(18)17(3)9-12(15)10-19-4/h5-8,12H,9-10H2,1-4H3. The Morgan fingerprint density at radius 2 is 2.05 bits per heavy atom. The van der Waals surface area contributed by atoms with Gasteiger partial charge in [-0.15, -0.1) is 11.6 Å². The normalized spacial score (nSPS) is 12.1. The van der Waals surface area contributed by atoms with Crippen molar-refractivity contribution in [2.75, 3.05) is 46.3 Å². The molecule has 1 unspecified atom stereocenters. The summed E-state index contributed by atoms with van der Waals surface area (Å²) in [4.78, 5) is 15.8. The van der Waals surface area contributed by atoms with Gasteiger partial charge in [0.25, 0.3) is 5.91 Å². The van der Waals surface area contributed by atoms with Gasteiger partial charge in [0.15, 0.2) is 0 Å². The van der Waals surface area contributed by atoms with E-state index in [1.807, 2.05) is 43.3 Å². The lowest BCUT2D eigenvalue weighted by atomic mass is 10.1. The molecule has 0 heterocycles. The first-order chi connectivity index (χ1) is 8.95. The summed E-state index contributed by atoms with van der Waals surface area (Å²) in [6.07, 6.45) is 0. The number of rotatable bonds is 6. The van der Waals surface area contributed by atoms with E-state index in [0.717, 1.165) is 5.69 Å². The van der Waals surface area contributed by atoms with Gasteiger partial charge in [0, 0.05) is 46.0 Å². The van der Waals surface area contributed by atoms with Gasteiger partial charge >= 0.3 is 0 Å². The highest BCUT2D eigenvalue weighted by Crippen LogP contribution is 2.15. The van der Waals surface area contributed by atoms with Crippen molar-refractivity contribution >= 4 is 23.2 Å². The van der Waals surface area contributed by atoms with Crippen molar-refractivity contribution in [3.05, 3.63) is 29.8 Å². The van der Waals surface area contributed by atoms with Crippen molar-refractivity contribution in [3.63, 3.8) is 0 Å². The number of hydrogen-bond acceptors (Lipinski definition) is 3. The van der Waals surface area contributed by atoms with Crippen LogP contribution in [0.4, 0.5) is 5.69 Å². The number of carbonyl (C=O) groups excluding carboxylic acids is 1. The third kappa shape index (κ3) is 4.73. The number of methoxy groups -OCH3 is 1. The zero-order valence-corrected chi connectivity index (χ0v) is 12.6. The molecule has 0 N–H and O–H groups in total. The fraction of sp³-hybridized carbons (Fsp3) is 0.500. The van der Waals surface area contributed by atoms with Gasteiger partial charge in [-0.25, -0.2) is 0 Å². The van der Waals surface area contributed by atoms with Crippen molar-refractivity contribution in [1.29, 1.82) is 0 Å². The molecule has 0 spiro atoms. The van der Waals surface area contributed by atoms with Crippen LogP contribution in [-0.4, -0.2) is 57.6 Å². The highest BCUT2D eigenvalue weighted by atomic mass is 35.5. The Bertz CT molecular complexity index is 424. The molecule has 0 saturated carbocycles. The fourth-order valence-corrected chi connectivity index (χ4v) is 2.08. The van der Waals surface area contributed by atoms with Gasteiger partial charge in [0.2, 0.25) is 0 Å². The number of amides is 1. The number of anilines is 1. The summed E-state index contributed by atoms with van der Waals surface area (Å²) in [5.74, 6) is -0.0366. The fourth-order valence-electron chi connectivity index (χ4n) is 1.75. The van der Waals surface area contributed by atoms with E-state index in [4.69, 9.17) is 16.3 Å². The smallest absolute Gasteiger partial charge is 0.253 e. The molecule has 0 bridgehead atoms. The lowest BCUT2D eigenvalue weighted by Gasteiger charge is -2.21. The van der Waals surface area contributed by atoms with E-state index >= 15 is 0 Å². The number of carbonyl (C=O) groups is 1. The van der Waals surface area contributed by atoms with Crippen LogP contribution in [-0.2, 0) is 4.74 Å². The summed E-state index contributed by atoms with van der Waals surface area (Å²) >= 11 is 6.06. The van der Waals surface area contributed by atoms with Crippen LogP contribution in [0.25, 0.3) is 0 Å². The Hall–Kier alpha value is -1.26. The summed E-state index contributed by atoms with van der Waals surface area (Å²) < 4.78 is 4.96. The van der Waals surface area contributed by atoms with Crippen molar-refractivity contribution in [2.24, 2.45) is 0 Å². The van der Waals surface area contributed by atoms with Crippen molar-refractivity contribution in [3.8, 4) is 0 Å². The van der Waals surface area contributed by atoms with Crippen LogP contribution in [0.2, 0.25) is 0 Å². The van der Waals surface area contributed by atoms with Crippen LogP contribution in [0.15, 0.2) is 24.3 Å². The Labute approximate surface area is 119 Å². The third-order valence-corrected chi connectivity index (χ3v) is 3.04. The number of benzene rings is 1. The molecule has 5 heteroatoms. The lowest BCUT2D eigenvalue weighted by Crippen LogP contribution is -2.34. The largest absolute Gasteiger partial charge is 0.383 e. The molecular weight excluding hydrogens is 264 g/mol. The van der Waals surface area contributed by atoms with E-state index in [1.54, 1.807) is 19.1 Å². The number of alkyl halides is 1. The van der Waals surface area contributed by atoms with Gasteiger partial charge in [-0.1, -0.05) is 6.07 Å². The summed E-state index contributed by atoms with van der Waals surface area (Å²) in [5, 5.41) is -0.198. The van der Waals surface area contributed by atoms with Gasteiger partial charge in [0.1, 0.15) is 0 Å². The summed E-state index contributed by atoms with van der Waals surface area (Å²) in [6.45, 7) is 0.886. The Balaban J connectivity index is 2.73.